The minimum absolute atomic E-state index is 0.937. The van der Waals surface area contributed by atoms with Gasteiger partial charge in [-0.25, -0.2) is 4.98 Å². The minimum Gasteiger partial charge on any atom is -0.349 e. The van der Waals surface area contributed by atoms with Gasteiger partial charge in [0.05, 0.1) is 0 Å². The van der Waals surface area contributed by atoms with Gasteiger partial charge in [0.1, 0.15) is 0 Å². The van der Waals surface area contributed by atoms with E-state index in [1.807, 2.05) is 6.20 Å². The van der Waals surface area contributed by atoms with Crippen LogP contribution in [0.1, 0.15) is 32.1 Å². The van der Waals surface area contributed by atoms with Gasteiger partial charge in [-0.2, -0.15) is 0 Å². The molecule has 0 amide bonds. The van der Waals surface area contributed by atoms with E-state index in [2.05, 4.69) is 48.1 Å². The van der Waals surface area contributed by atoms with Gasteiger partial charge < -0.3 is 10.2 Å². The standard InChI is InChI=1S/C13H23N3S/c1-4-9-14-10-7-8-12-11-15-13(17-12)16(5-2)6-3/h7-8,11,14H,4-6,9-10H2,1-3H3. The van der Waals surface area contributed by atoms with Crippen LogP contribution in [0.25, 0.3) is 6.08 Å². The first-order valence-electron chi connectivity index (χ1n) is 6.39. The molecule has 96 valence electrons. The first kappa shape index (κ1) is 14.2. The molecule has 0 aromatic carbocycles. The number of rotatable bonds is 8. The van der Waals surface area contributed by atoms with E-state index in [1.54, 1.807) is 11.3 Å². The molecule has 1 rings (SSSR count). The molecule has 0 aliphatic heterocycles. The van der Waals surface area contributed by atoms with E-state index in [0.29, 0.717) is 0 Å². The van der Waals surface area contributed by atoms with Crippen molar-refractivity contribution in [2.75, 3.05) is 31.1 Å². The lowest BCUT2D eigenvalue weighted by Gasteiger charge is -2.16. The monoisotopic (exact) mass is 253 g/mol. The normalized spacial score (nSPS) is 11.2. The third-order valence-corrected chi connectivity index (χ3v) is 3.54. The zero-order valence-electron chi connectivity index (χ0n) is 11.1. The Hall–Kier alpha value is -0.870. The number of aromatic nitrogens is 1. The van der Waals surface area contributed by atoms with E-state index >= 15 is 0 Å². The highest BCUT2D eigenvalue weighted by molar-refractivity contribution is 7.16. The summed E-state index contributed by atoms with van der Waals surface area (Å²) < 4.78 is 0. The number of hydrogen-bond acceptors (Lipinski definition) is 4. The third kappa shape index (κ3) is 4.88. The van der Waals surface area contributed by atoms with Crippen LogP contribution in [-0.4, -0.2) is 31.2 Å². The zero-order chi connectivity index (χ0) is 12.5. The summed E-state index contributed by atoms with van der Waals surface area (Å²) in [6.07, 6.45) is 7.44. The predicted octanol–water partition coefficient (Wildman–Crippen LogP) is 3.00. The maximum Gasteiger partial charge on any atom is 0.185 e. The van der Waals surface area contributed by atoms with Gasteiger partial charge >= 0.3 is 0 Å². The molecular formula is C13H23N3S. The second-order valence-electron chi connectivity index (χ2n) is 3.82. The fourth-order valence-corrected chi connectivity index (χ4v) is 2.50. The molecule has 0 saturated heterocycles. The van der Waals surface area contributed by atoms with Crippen LogP contribution in [0.5, 0.6) is 0 Å². The van der Waals surface area contributed by atoms with Crippen LogP contribution in [0.3, 0.4) is 0 Å². The van der Waals surface area contributed by atoms with Gasteiger partial charge in [-0.1, -0.05) is 24.3 Å². The topological polar surface area (TPSA) is 28.2 Å². The predicted molar refractivity (Wildman–Crippen MR) is 77.9 cm³/mol. The first-order chi connectivity index (χ1) is 8.31. The molecular weight excluding hydrogens is 230 g/mol. The highest BCUT2D eigenvalue weighted by Gasteiger charge is 2.05. The molecule has 1 heterocycles. The molecule has 1 aromatic rings. The largest absolute Gasteiger partial charge is 0.349 e. The van der Waals surface area contributed by atoms with Gasteiger partial charge in [0.15, 0.2) is 5.13 Å². The molecule has 1 N–H and O–H groups in total. The van der Waals surface area contributed by atoms with E-state index in [1.165, 1.54) is 11.3 Å². The lowest BCUT2D eigenvalue weighted by atomic mass is 10.4. The molecule has 17 heavy (non-hydrogen) atoms. The smallest absolute Gasteiger partial charge is 0.185 e. The molecule has 0 bridgehead atoms. The average molecular weight is 253 g/mol. The van der Waals surface area contributed by atoms with Crippen LogP contribution >= 0.6 is 11.3 Å². The van der Waals surface area contributed by atoms with Gasteiger partial charge in [-0.3, -0.25) is 0 Å². The SMILES string of the molecule is CCCNCC=Cc1cnc(N(CC)CC)s1. The Morgan fingerprint density at radius 2 is 2.12 bits per heavy atom. The molecule has 0 radical (unpaired) electrons. The molecule has 0 unspecified atom stereocenters. The van der Waals surface area contributed by atoms with E-state index in [-0.39, 0.29) is 0 Å². The minimum atomic E-state index is 0.937. The number of hydrogen-bond donors (Lipinski definition) is 1. The lowest BCUT2D eigenvalue weighted by molar-refractivity contribution is 0.730. The Bertz CT molecular complexity index is 329. The highest BCUT2D eigenvalue weighted by Crippen LogP contribution is 2.22. The van der Waals surface area contributed by atoms with E-state index < -0.39 is 0 Å². The van der Waals surface area contributed by atoms with Crippen molar-refractivity contribution in [1.82, 2.24) is 10.3 Å². The number of thiazole rings is 1. The van der Waals surface area contributed by atoms with E-state index in [4.69, 9.17) is 0 Å². The fourth-order valence-electron chi connectivity index (χ4n) is 1.53. The molecule has 0 aliphatic carbocycles. The Morgan fingerprint density at radius 3 is 2.76 bits per heavy atom. The molecule has 0 fully saturated rings. The summed E-state index contributed by atoms with van der Waals surface area (Å²) in [5.74, 6) is 0. The summed E-state index contributed by atoms with van der Waals surface area (Å²) in [7, 11) is 0. The molecule has 3 nitrogen and oxygen atoms in total. The average Bonchev–Trinajstić information content (AvgIpc) is 2.79. The number of nitrogens with one attached hydrogen (secondary N) is 1. The number of anilines is 1. The van der Waals surface area contributed by atoms with Gasteiger partial charge in [-0.15, -0.1) is 0 Å². The highest BCUT2D eigenvalue weighted by atomic mass is 32.1. The van der Waals surface area contributed by atoms with Crippen molar-refractivity contribution in [3.63, 3.8) is 0 Å². The summed E-state index contributed by atoms with van der Waals surface area (Å²) in [5, 5.41) is 4.47. The van der Waals surface area contributed by atoms with Crippen molar-refractivity contribution >= 4 is 22.5 Å². The lowest BCUT2D eigenvalue weighted by Crippen LogP contribution is -2.21. The summed E-state index contributed by atoms with van der Waals surface area (Å²) in [6.45, 7) is 10.6. The van der Waals surface area contributed by atoms with Crippen LogP contribution in [-0.2, 0) is 0 Å². The number of nitrogens with zero attached hydrogens (tertiary/aromatic N) is 2. The van der Waals surface area contributed by atoms with Crippen LogP contribution in [0.4, 0.5) is 5.13 Å². The molecule has 0 saturated carbocycles. The van der Waals surface area contributed by atoms with Crippen molar-refractivity contribution in [3.05, 3.63) is 17.2 Å². The Kier molecular flexibility index (Phi) is 6.89. The van der Waals surface area contributed by atoms with Crippen molar-refractivity contribution in [1.29, 1.82) is 0 Å². The van der Waals surface area contributed by atoms with Crippen LogP contribution < -0.4 is 10.2 Å². The van der Waals surface area contributed by atoms with Gasteiger partial charge in [0.25, 0.3) is 0 Å². The molecule has 4 heteroatoms. The maximum atomic E-state index is 4.45. The van der Waals surface area contributed by atoms with Crippen molar-refractivity contribution < 1.29 is 0 Å². The molecule has 0 aliphatic rings. The van der Waals surface area contributed by atoms with E-state index in [9.17, 15) is 0 Å². The molecule has 1 aromatic heterocycles. The Balaban J connectivity index is 2.44. The van der Waals surface area contributed by atoms with Crippen LogP contribution in [0.2, 0.25) is 0 Å². The summed E-state index contributed by atoms with van der Waals surface area (Å²) >= 11 is 1.75. The molecule has 0 atom stereocenters. The maximum absolute atomic E-state index is 4.45. The second kappa shape index (κ2) is 8.25. The van der Waals surface area contributed by atoms with Crippen molar-refractivity contribution in [2.24, 2.45) is 0 Å². The summed E-state index contributed by atoms with van der Waals surface area (Å²) in [6, 6.07) is 0. The second-order valence-corrected chi connectivity index (χ2v) is 4.86. The Labute approximate surface area is 109 Å². The van der Waals surface area contributed by atoms with Crippen molar-refractivity contribution in [2.45, 2.75) is 27.2 Å². The summed E-state index contributed by atoms with van der Waals surface area (Å²) in [5.41, 5.74) is 0. The first-order valence-corrected chi connectivity index (χ1v) is 7.21. The van der Waals surface area contributed by atoms with Gasteiger partial charge in [-0.05, 0) is 32.9 Å². The third-order valence-electron chi connectivity index (χ3n) is 2.52. The molecule has 0 spiro atoms. The summed E-state index contributed by atoms with van der Waals surface area (Å²) in [4.78, 5) is 7.95. The van der Waals surface area contributed by atoms with Gasteiger partial charge in [0.2, 0.25) is 0 Å². The van der Waals surface area contributed by atoms with Crippen LogP contribution in [0, 0.1) is 0 Å². The Morgan fingerprint density at radius 1 is 1.35 bits per heavy atom. The van der Waals surface area contributed by atoms with Crippen molar-refractivity contribution in [3.8, 4) is 0 Å². The fraction of sp³-hybridized carbons (Fsp3) is 0.615. The van der Waals surface area contributed by atoms with Gasteiger partial charge in [0, 0.05) is 30.7 Å². The van der Waals surface area contributed by atoms with Crippen LogP contribution in [0.15, 0.2) is 12.3 Å². The quantitative estimate of drug-likeness (QED) is 0.722. The van der Waals surface area contributed by atoms with E-state index in [0.717, 1.165) is 31.3 Å². The zero-order valence-corrected chi connectivity index (χ0v) is 11.9.